The smallest absolute Gasteiger partial charge is 0.244 e. The van der Waals surface area contributed by atoms with Gasteiger partial charge in [0.05, 0.1) is 22.9 Å². The van der Waals surface area contributed by atoms with Gasteiger partial charge in [-0.1, -0.05) is 25.0 Å². The number of fused-ring (bicyclic) bond motifs is 1. The van der Waals surface area contributed by atoms with Crippen molar-refractivity contribution in [3.05, 3.63) is 42.2 Å². The summed E-state index contributed by atoms with van der Waals surface area (Å²) in [5.41, 5.74) is 2.30. The average molecular weight is 311 g/mol. The molecule has 1 fully saturated rings. The number of para-hydroxylation sites is 2. The highest BCUT2D eigenvalue weighted by Gasteiger charge is 2.25. The first kappa shape index (κ1) is 15.6. The van der Waals surface area contributed by atoms with Gasteiger partial charge >= 0.3 is 0 Å². The fraction of sp³-hybridized carbons (Fsp3) is 0.389. The summed E-state index contributed by atoms with van der Waals surface area (Å²) in [6.07, 6.45) is 8.94. The van der Waals surface area contributed by atoms with Crippen LogP contribution >= 0.6 is 0 Å². The maximum atomic E-state index is 12.1. The molecule has 1 aromatic carbocycles. The molecule has 1 aromatic heterocycles. The molecular formula is C18H21N3O2. The quantitative estimate of drug-likeness (QED) is 0.850. The Morgan fingerprint density at radius 2 is 2.04 bits per heavy atom. The summed E-state index contributed by atoms with van der Waals surface area (Å²) in [7, 11) is 0. The van der Waals surface area contributed by atoms with E-state index in [-0.39, 0.29) is 24.5 Å². The molecule has 1 heterocycles. The van der Waals surface area contributed by atoms with Gasteiger partial charge in [-0.05, 0) is 31.1 Å². The van der Waals surface area contributed by atoms with Crippen LogP contribution in [0.25, 0.3) is 17.1 Å². The van der Waals surface area contributed by atoms with E-state index in [0.717, 1.165) is 36.7 Å². The Bertz CT molecular complexity index is 714. The molecule has 3 rings (SSSR count). The highest BCUT2D eigenvalue weighted by atomic mass is 16.3. The first-order valence-corrected chi connectivity index (χ1v) is 8.07. The van der Waals surface area contributed by atoms with Gasteiger partial charge in [0, 0.05) is 24.6 Å². The van der Waals surface area contributed by atoms with Gasteiger partial charge in [-0.25, -0.2) is 4.98 Å². The number of hydrogen-bond acceptors (Lipinski definition) is 4. The molecule has 1 aliphatic carbocycles. The topological polar surface area (TPSA) is 75.1 Å². The van der Waals surface area contributed by atoms with E-state index in [2.05, 4.69) is 15.3 Å². The van der Waals surface area contributed by atoms with E-state index in [0.29, 0.717) is 5.69 Å². The fourth-order valence-electron chi connectivity index (χ4n) is 3.06. The van der Waals surface area contributed by atoms with Crippen molar-refractivity contribution in [2.45, 2.75) is 31.7 Å². The second-order valence-corrected chi connectivity index (χ2v) is 5.96. The number of benzene rings is 1. The predicted octanol–water partition coefficient (Wildman–Crippen LogP) is 2.31. The Hall–Kier alpha value is -2.27. The van der Waals surface area contributed by atoms with E-state index in [1.54, 1.807) is 12.3 Å². The van der Waals surface area contributed by atoms with Crippen molar-refractivity contribution in [3.63, 3.8) is 0 Å². The molecule has 0 bridgehead atoms. The summed E-state index contributed by atoms with van der Waals surface area (Å²) in [5, 5.41) is 12.4. The van der Waals surface area contributed by atoms with Crippen molar-refractivity contribution in [2.24, 2.45) is 5.92 Å². The molecule has 2 aromatic rings. The summed E-state index contributed by atoms with van der Waals surface area (Å²) in [4.78, 5) is 20.9. The number of carbonyl (C=O) groups is 1. The van der Waals surface area contributed by atoms with E-state index in [1.165, 1.54) is 6.08 Å². The van der Waals surface area contributed by atoms with Crippen molar-refractivity contribution < 1.29 is 9.90 Å². The highest BCUT2D eigenvalue weighted by molar-refractivity contribution is 5.91. The number of aliphatic hydroxyl groups is 1. The van der Waals surface area contributed by atoms with Gasteiger partial charge in [0.2, 0.25) is 5.91 Å². The Morgan fingerprint density at radius 3 is 2.87 bits per heavy atom. The molecule has 23 heavy (non-hydrogen) atoms. The molecule has 0 saturated heterocycles. The number of amides is 1. The van der Waals surface area contributed by atoms with Crippen molar-refractivity contribution in [2.75, 3.05) is 6.61 Å². The molecule has 5 heteroatoms. The van der Waals surface area contributed by atoms with Crippen molar-refractivity contribution in [1.29, 1.82) is 0 Å². The van der Waals surface area contributed by atoms with Crippen LogP contribution in [0.1, 0.15) is 31.4 Å². The van der Waals surface area contributed by atoms with Crippen LogP contribution in [-0.2, 0) is 4.79 Å². The molecule has 5 nitrogen and oxygen atoms in total. The second kappa shape index (κ2) is 7.33. The minimum absolute atomic E-state index is 0.0635. The monoisotopic (exact) mass is 311 g/mol. The van der Waals surface area contributed by atoms with Gasteiger partial charge in [-0.2, -0.15) is 0 Å². The van der Waals surface area contributed by atoms with Crippen LogP contribution in [0.3, 0.4) is 0 Å². The number of aliphatic hydroxyl groups excluding tert-OH is 1. The third-order valence-electron chi connectivity index (χ3n) is 4.34. The number of nitrogens with zero attached hydrogens (tertiary/aromatic N) is 2. The van der Waals surface area contributed by atoms with Crippen LogP contribution in [0.4, 0.5) is 0 Å². The lowest BCUT2D eigenvalue weighted by Gasteiger charge is -2.30. The van der Waals surface area contributed by atoms with Crippen LogP contribution in [0.5, 0.6) is 0 Å². The van der Waals surface area contributed by atoms with Gasteiger partial charge in [-0.15, -0.1) is 0 Å². The standard InChI is InChI=1S/C18H21N3O2/c22-12-13-5-1-2-6-15(13)21-18(23)10-9-14-11-19-16-7-3-4-8-17(16)20-14/h3-4,7-11,13,15,22H,1-2,5-6,12H2,(H,21,23)/b10-9+. The number of rotatable bonds is 4. The molecule has 0 spiro atoms. The zero-order chi connectivity index (χ0) is 16.1. The van der Waals surface area contributed by atoms with Gasteiger partial charge in [0.25, 0.3) is 0 Å². The first-order chi connectivity index (χ1) is 11.3. The second-order valence-electron chi connectivity index (χ2n) is 5.96. The van der Waals surface area contributed by atoms with Crippen LogP contribution in [0.15, 0.2) is 36.5 Å². The van der Waals surface area contributed by atoms with Crippen LogP contribution < -0.4 is 5.32 Å². The first-order valence-electron chi connectivity index (χ1n) is 8.07. The third-order valence-corrected chi connectivity index (χ3v) is 4.34. The van der Waals surface area contributed by atoms with Crippen molar-refractivity contribution in [3.8, 4) is 0 Å². The van der Waals surface area contributed by atoms with Gasteiger partial charge in [0.1, 0.15) is 0 Å². The number of hydrogen-bond donors (Lipinski definition) is 2. The molecule has 2 N–H and O–H groups in total. The van der Waals surface area contributed by atoms with Crippen molar-refractivity contribution in [1.82, 2.24) is 15.3 Å². The lowest BCUT2D eigenvalue weighted by molar-refractivity contribution is -0.117. The summed E-state index contributed by atoms with van der Waals surface area (Å²) < 4.78 is 0. The molecule has 1 saturated carbocycles. The van der Waals surface area contributed by atoms with E-state index in [1.807, 2.05) is 24.3 Å². The Kier molecular flexibility index (Phi) is 4.98. The lowest BCUT2D eigenvalue weighted by atomic mass is 9.85. The molecule has 120 valence electrons. The predicted molar refractivity (Wildman–Crippen MR) is 89.5 cm³/mol. The minimum Gasteiger partial charge on any atom is -0.396 e. The summed E-state index contributed by atoms with van der Waals surface area (Å²) in [5.74, 6) is 0.0202. The lowest BCUT2D eigenvalue weighted by Crippen LogP contribution is -2.42. The van der Waals surface area contributed by atoms with Crippen LogP contribution in [0.2, 0.25) is 0 Å². The van der Waals surface area contributed by atoms with Gasteiger partial charge in [-0.3, -0.25) is 9.78 Å². The Morgan fingerprint density at radius 1 is 1.26 bits per heavy atom. The van der Waals surface area contributed by atoms with Crippen LogP contribution in [0, 0.1) is 5.92 Å². The van der Waals surface area contributed by atoms with Crippen molar-refractivity contribution >= 4 is 23.0 Å². The maximum absolute atomic E-state index is 12.1. The number of aromatic nitrogens is 2. The molecule has 1 aliphatic rings. The van der Waals surface area contributed by atoms with E-state index >= 15 is 0 Å². The van der Waals surface area contributed by atoms with Gasteiger partial charge in [0.15, 0.2) is 0 Å². The molecular weight excluding hydrogens is 290 g/mol. The van der Waals surface area contributed by atoms with E-state index < -0.39 is 0 Å². The SMILES string of the molecule is O=C(/C=C/c1cnc2ccccc2n1)NC1CCCCC1CO. The Balaban J connectivity index is 1.64. The molecule has 2 unspecified atom stereocenters. The van der Waals surface area contributed by atoms with E-state index in [4.69, 9.17) is 0 Å². The highest BCUT2D eigenvalue weighted by Crippen LogP contribution is 2.23. The number of carbonyl (C=O) groups excluding carboxylic acids is 1. The molecule has 1 amide bonds. The maximum Gasteiger partial charge on any atom is 0.244 e. The molecule has 0 radical (unpaired) electrons. The molecule has 0 aliphatic heterocycles. The third kappa shape index (κ3) is 3.93. The molecule has 2 atom stereocenters. The van der Waals surface area contributed by atoms with E-state index in [9.17, 15) is 9.90 Å². The zero-order valence-electron chi connectivity index (χ0n) is 13.0. The summed E-state index contributed by atoms with van der Waals surface area (Å²) in [6, 6.07) is 7.69. The van der Waals surface area contributed by atoms with Crippen LogP contribution in [-0.4, -0.2) is 33.6 Å². The normalized spacial score (nSPS) is 21.6. The Labute approximate surface area is 135 Å². The summed E-state index contributed by atoms with van der Waals surface area (Å²) >= 11 is 0. The average Bonchev–Trinajstić information content (AvgIpc) is 2.60. The number of nitrogens with one attached hydrogen (secondary N) is 1. The minimum atomic E-state index is -0.148. The zero-order valence-corrected chi connectivity index (χ0v) is 13.0. The largest absolute Gasteiger partial charge is 0.396 e. The fourth-order valence-corrected chi connectivity index (χ4v) is 3.06. The van der Waals surface area contributed by atoms with Gasteiger partial charge < -0.3 is 10.4 Å². The summed E-state index contributed by atoms with van der Waals surface area (Å²) in [6.45, 7) is 0.130.